The van der Waals surface area contributed by atoms with Gasteiger partial charge in [0, 0.05) is 0 Å². The van der Waals surface area contributed by atoms with Crippen molar-refractivity contribution in [2.45, 2.75) is 32.5 Å². The van der Waals surface area contributed by atoms with Gasteiger partial charge in [0.15, 0.2) is 0 Å². The first-order chi connectivity index (χ1) is 4.68. The summed E-state index contributed by atoms with van der Waals surface area (Å²) >= 11 is 0. The van der Waals surface area contributed by atoms with E-state index in [2.05, 4.69) is 0 Å². The van der Waals surface area contributed by atoms with Gasteiger partial charge < -0.3 is 9.47 Å². The highest BCUT2D eigenvalue weighted by Crippen LogP contribution is 2.08. The lowest BCUT2D eigenvalue weighted by atomic mass is 10.3. The fourth-order valence-electron chi connectivity index (χ4n) is 0.988. The van der Waals surface area contributed by atoms with Crippen LogP contribution in [-0.2, 0) is 14.3 Å². The number of cyclic esters (lactones) is 1. The highest BCUT2D eigenvalue weighted by molar-refractivity contribution is 5.70. The van der Waals surface area contributed by atoms with E-state index >= 15 is 0 Å². The van der Waals surface area contributed by atoms with Crippen LogP contribution in [0.2, 0.25) is 0 Å². The van der Waals surface area contributed by atoms with Gasteiger partial charge in [-0.3, -0.25) is 4.79 Å². The first-order valence-electron chi connectivity index (χ1n) is 3.49. The fourth-order valence-corrected chi connectivity index (χ4v) is 0.988. The number of carbonyl (C=O) groups excluding carboxylic acids is 1. The predicted octanol–water partition coefficient (Wildman–Crippen LogP) is 0.727. The van der Waals surface area contributed by atoms with Gasteiger partial charge >= 0.3 is 5.97 Å². The number of carbonyl (C=O) groups is 1. The summed E-state index contributed by atoms with van der Waals surface area (Å²) in [5.41, 5.74) is 0. The van der Waals surface area contributed by atoms with Crippen molar-refractivity contribution in [1.82, 2.24) is 0 Å². The second kappa shape index (κ2) is 3.01. The van der Waals surface area contributed by atoms with E-state index in [1.807, 2.05) is 13.8 Å². The maximum atomic E-state index is 10.7. The molecule has 0 amide bonds. The van der Waals surface area contributed by atoms with Crippen molar-refractivity contribution in [2.24, 2.45) is 0 Å². The molecule has 0 unspecified atom stereocenters. The van der Waals surface area contributed by atoms with Crippen LogP contribution < -0.4 is 0 Å². The summed E-state index contributed by atoms with van der Waals surface area (Å²) in [6.07, 6.45) is 0.427. The van der Waals surface area contributed by atoms with Crippen LogP contribution in [0.3, 0.4) is 0 Å². The third-order valence-corrected chi connectivity index (χ3v) is 1.40. The van der Waals surface area contributed by atoms with Crippen LogP contribution in [0.25, 0.3) is 0 Å². The minimum atomic E-state index is -0.156. The normalized spacial score (nSPS) is 34.8. The molecule has 0 aromatic carbocycles. The third-order valence-electron chi connectivity index (χ3n) is 1.40. The van der Waals surface area contributed by atoms with Crippen LogP contribution >= 0.6 is 0 Å². The molecule has 0 spiro atoms. The van der Waals surface area contributed by atoms with E-state index in [4.69, 9.17) is 9.47 Å². The second-order valence-corrected chi connectivity index (χ2v) is 2.64. The van der Waals surface area contributed by atoms with Crippen molar-refractivity contribution in [1.29, 1.82) is 0 Å². The highest BCUT2D eigenvalue weighted by Gasteiger charge is 2.19. The van der Waals surface area contributed by atoms with Gasteiger partial charge in [-0.25, -0.2) is 0 Å². The van der Waals surface area contributed by atoms with E-state index in [1.54, 1.807) is 0 Å². The van der Waals surface area contributed by atoms with Crippen molar-refractivity contribution in [2.75, 3.05) is 6.61 Å². The average molecular weight is 144 g/mol. The first kappa shape index (κ1) is 7.54. The molecule has 1 fully saturated rings. The summed E-state index contributed by atoms with van der Waals surface area (Å²) in [4.78, 5) is 10.7. The Labute approximate surface area is 60.3 Å². The molecule has 0 aliphatic carbocycles. The molecule has 2 atom stereocenters. The average Bonchev–Trinajstić information content (AvgIpc) is 1.93. The van der Waals surface area contributed by atoms with Gasteiger partial charge in [0.1, 0.15) is 6.61 Å². The zero-order valence-corrected chi connectivity index (χ0v) is 6.29. The molecule has 10 heavy (non-hydrogen) atoms. The molecule has 1 heterocycles. The number of hydrogen-bond acceptors (Lipinski definition) is 3. The maximum Gasteiger partial charge on any atom is 0.308 e. The molecule has 1 saturated heterocycles. The van der Waals surface area contributed by atoms with E-state index in [1.165, 1.54) is 0 Å². The molecule has 1 rings (SSSR count). The van der Waals surface area contributed by atoms with Crippen molar-refractivity contribution >= 4 is 5.97 Å². The Hall–Kier alpha value is -0.570. The summed E-state index contributed by atoms with van der Waals surface area (Å²) in [7, 11) is 0. The van der Waals surface area contributed by atoms with Crippen LogP contribution in [0, 0.1) is 0 Å². The standard InChI is InChI=1S/C7H12O3/c1-5-3-7(8)9-4-6(2)10-5/h5-6H,3-4H2,1-2H3/t5-,6+/m1/s1. The van der Waals surface area contributed by atoms with Crippen LogP contribution in [0.1, 0.15) is 20.3 Å². The zero-order valence-electron chi connectivity index (χ0n) is 6.29. The van der Waals surface area contributed by atoms with Crippen LogP contribution in [0.4, 0.5) is 0 Å². The minimum Gasteiger partial charge on any atom is -0.463 e. The lowest BCUT2D eigenvalue weighted by molar-refractivity contribution is -0.143. The van der Waals surface area contributed by atoms with Crippen LogP contribution in [0.15, 0.2) is 0 Å². The van der Waals surface area contributed by atoms with E-state index in [-0.39, 0.29) is 18.2 Å². The summed E-state index contributed by atoms with van der Waals surface area (Å²) in [5, 5.41) is 0. The van der Waals surface area contributed by atoms with Crippen LogP contribution in [0.5, 0.6) is 0 Å². The Morgan fingerprint density at radius 2 is 2.10 bits per heavy atom. The number of hydrogen-bond donors (Lipinski definition) is 0. The number of ether oxygens (including phenoxy) is 2. The van der Waals surface area contributed by atoms with Gasteiger partial charge in [-0.1, -0.05) is 0 Å². The number of esters is 1. The van der Waals surface area contributed by atoms with Gasteiger partial charge in [-0.15, -0.1) is 0 Å². The Bertz CT molecular complexity index is 133. The molecule has 0 aromatic heterocycles. The molecule has 0 bridgehead atoms. The first-order valence-corrected chi connectivity index (χ1v) is 3.49. The van der Waals surface area contributed by atoms with Gasteiger partial charge in [-0.2, -0.15) is 0 Å². The van der Waals surface area contributed by atoms with E-state index < -0.39 is 0 Å². The molecule has 3 heteroatoms. The van der Waals surface area contributed by atoms with Crippen molar-refractivity contribution in [3.8, 4) is 0 Å². The Kier molecular flexibility index (Phi) is 2.27. The van der Waals surface area contributed by atoms with Crippen LogP contribution in [-0.4, -0.2) is 24.8 Å². The highest BCUT2D eigenvalue weighted by atomic mass is 16.6. The second-order valence-electron chi connectivity index (χ2n) is 2.64. The largest absolute Gasteiger partial charge is 0.463 e. The molecule has 1 aliphatic heterocycles. The quantitative estimate of drug-likeness (QED) is 0.470. The lowest BCUT2D eigenvalue weighted by Crippen LogP contribution is -2.16. The maximum absolute atomic E-state index is 10.7. The number of rotatable bonds is 0. The van der Waals surface area contributed by atoms with E-state index in [0.29, 0.717) is 13.0 Å². The van der Waals surface area contributed by atoms with E-state index in [9.17, 15) is 4.79 Å². The van der Waals surface area contributed by atoms with Crippen molar-refractivity contribution in [3.05, 3.63) is 0 Å². The Morgan fingerprint density at radius 3 is 2.80 bits per heavy atom. The predicted molar refractivity (Wildman–Crippen MR) is 35.6 cm³/mol. The summed E-state index contributed by atoms with van der Waals surface area (Å²) in [5.74, 6) is -0.156. The zero-order chi connectivity index (χ0) is 7.56. The lowest BCUT2D eigenvalue weighted by Gasteiger charge is -2.10. The molecular formula is C7H12O3. The molecule has 0 N–H and O–H groups in total. The topological polar surface area (TPSA) is 35.5 Å². The molecule has 0 aromatic rings. The fraction of sp³-hybridized carbons (Fsp3) is 0.857. The van der Waals surface area contributed by atoms with Crippen molar-refractivity contribution in [3.63, 3.8) is 0 Å². The summed E-state index contributed by atoms with van der Waals surface area (Å²) in [6, 6.07) is 0. The molecule has 1 aliphatic rings. The third kappa shape index (κ3) is 1.99. The summed E-state index contributed by atoms with van der Waals surface area (Å²) in [6.45, 7) is 4.17. The smallest absolute Gasteiger partial charge is 0.308 e. The Balaban J connectivity index is 2.46. The van der Waals surface area contributed by atoms with Gasteiger partial charge in [0.05, 0.1) is 18.6 Å². The molecular weight excluding hydrogens is 132 g/mol. The SMILES string of the molecule is C[C@@H]1CC(=O)OC[C@H](C)O1. The van der Waals surface area contributed by atoms with Crippen molar-refractivity contribution < 1.29 is 14.3 Å². The summed E-state index contributed by atoms with van der Waals surface area (Å²) < 4.78 is 10.2. The molecule has 0 saturated carbocycles. The van der Waals surface area contributed by atoms with E-state index in [0.717, 1.165) is 0 Å². The Morgan fingerprint density at radius 1 is 1.40 bits per heavy atom. The molecule has 58 valence electrons. The van der Waals surface area contributed by atoms with Gasteiger partial charge in [0.25, 0.3) is 0 Å². The van der Waals surface area contributed by atoms with Gasteiger partial charge in [0.2, 0.25) is 0 Å². The molecule has 0 radical (unpaired) electrons. The monoisotopic (exact) mass is 144 g/mol. The van der Waals surface area contributed by atoms with Gasteiger partial charge in [-0.05, 0) is 13.8 Å². The molecule has 3 nitrogen and oxygen atoms in total. The minimum absolute atomic E-state index is 0.00463.